The van der Waals surface area contributed by atoms with Gasteiger partial charge in [-0.25, -0.2) is 4.39 Å². The minimum absolute atomic E-state index is 0.0408. The van der Waals surface area contributed by atoms with E-state index in [-0.39, 0.29) is 17.4 Å². The Bertz CT molecular complexity index is 1240. The molecular weight excluding hydrogens is 359 g/mol. The highest BCUT2D eigenvalue weighted by Gasteiger charge is 2.20. The van der Waals surface area contributed by atoms with Crippen LogP contribution in [-0.2, 0) is 4.79 Å². The van der Waals surface area contributed by atoms with Crippen LogP contribution < -0.4 is 10.6 Å². The molecule has 2 amide bonds. The number of hydrogen-bond donors (Lipinski definition) is 2. The van der Waals surface area contributed by atoms with E-state index in [0.717, 1.165) is 16.2 Å². The van der Waals surface area contributed by atoms with Gasteiger partial charge in [0.15, 0.2) is 5.76 Å². The molecule has 1 heterocycles. The van der Waals surface area contributed by atoms with Gasteiger partial charge in [0.1, 0.15) is 11.4 Å². The number of carbonyl (C=O) groups excluding carboxylic acids is 2. The zero-order valence-corrected chi connectivity index (χ0v) is 15.3. The number of carbonyl (C=O) groups is 2. The fraction of sp³-hybridized carbons (Fsp3) is 0.0909. The molecule has 140 valence electrons. The first-order valence-electron chi connectivity index (χ1n) is 8.73. The van der Waals surface area contributed by atoms with Crippen LogP contribution in [0.25, 0.3) is 21.7 Å². The molecule has 0 atom stereocenters. The number of hydrogen-bond acceptors (Lipinski definition) is 3. The summed E-state index contributed by atoms with van der Waals surface area (Å²) in [5.74, 6) is -1.34. The molecule has 6 heteroatoms. The second-order valence-corrected chi connectivity index (χ2v) is 6.55. The van der Waals surface area contributed by atoms with Gasteiger partial charge in [-0.3, -0.25) is 9.59 Å². The molecule has 2 N–H and O–H groups in total. The van der Waals surface area contributed by atoms with Crippen LogP contribution in [0.4, 0.5) is 15.8 Å². The summed E-state index contributed by atoms with van der Waals surface area (Å²) in [5, 5.41) is 7.83. The standard InChI is InChI=1S/C22H17FN2O3/c1-12-16-9-7-14-5-3-4-6-17(14)21(16)28-20(12)22(27)25-19-11-15(24-13(2)26)8-10-18(19)23/h3-11H,1-2H3,(H,24,26)(H,25,27). The molecule has 4 rings (SSSR count). The third-order valence-electron chi connectivity index (χ3n) is 4.57. The lowest BCUT2D eigenvalue weighted by atomic mass is 10.1. The molecule has 28 heavy (non-hydrogen) atoms. The van der Waals surface area contributed by atoms with E-state index >= 15 is 0 Å². The van der Waals surface area contributed by atoms with E-state index in [4.69, 9.17) is 4.42 Å². The molecule has 0 bridgehead atoms. The summed E-state index contributed by atoms with van der Waals surface area (Å²) < 4.78 is 20.0. The molecule has 0 unspecified atom stereocenters. The quantitative estimate of drug-likeness (QED) is 0.513. The molecule has 0 spiro atoms. The van der Waals surface area contributed by atoms with Gasteiger partial charge in [-0.15, -0.1) is 0 Å². The molecule has 0 saturated carbocycles. The van der Waals surface area contributed by atoms with Gasteiger partial charge in [0.05, 0.1) is 5.69 Å². The number of rotatable bonds is 3. The van der Waals surface area contributed by atoms with Crippen LogP contribution in [0.2, 0.25) is 0 Å². The maximum Gasteiger partial charge on any atom is 0.291 e. The first-order chi connectivity index (χ1) is 13.4. The Morgan fingerprint density at radius 3 is 2.54 bits per heavy atom. The number of amides is 2. The van der Waals surface area contributed by atoms with Gasteiger partial charge < -0.3 is 15.1 Å². The molecule has 3 aromatic carbocycles. The van der Waals surface area contributed by atoms with Crippen molar-refractivity contribution in [2.45, 2.75) is 13.8 Å². The third-order valence-corrected chi connectivity index (χ3v) is 4.57. The van der Waals surface area contributed by atoms with Crippen LogP contribution in [0.3, 0.4) is 0 Å². The molecule has 0 aliphatic carbocycles. The molecule has 0 radical (unpaired) electrons. The second kappa shape index (κ2) is 6.81. The summed E-state index contributed by atoms with van der Waals surface area (Å²) in [4.78, 5) is 24.0. The van der Waals surface area contributed by atoms with Crippen LogP contribution in [0.15, 0.2) is 59.0 Å². The van der Waals surface area contributed by atoms with E-state index in [1.54, 1.807) is 6.92 Å². The van der Waals surface area contributed by atoms with E-state index in [1.807, 2.05) is 36.4 Å². The number of nitrogens with one attached hydrogen (secondary N) is 2. The fourth-order valence-corrected chi connectivity index (χ4v) is 3.25. The van der Waals surface area contributed by atoms with Gasteiger partial charge in [-0.1, -0.05) is 36.4 Å². The van der Waals surface area contributed by atoms with Crippen molar-refractivity contribution in [2.24, 2.45) is 0 Å². The Labute approximate surface area is 160 Å². The van der Waals surface area contributed by atoms with Gasteiger partial charge in [-0.05, 0) is 30.5 Å². The normalized spacial score (nSPS) is 11.0. The highest BCUT2D eigenvalue weighted by molar-refractivity contribution is 6.11. The van der Waals surface area contributed by atoms with Gasteiger partial charge in [0.2, 0.25) is 5.91 Å². The smallest absolute Gasteiger partial charge is 0.291 e. The van der Waals surface area contributed by atoms with E-state index in [0.29, 0.717) is 16.8 Å². The van der Waals surface area contributed by atoms with Crippen molar-refractivity contribution in [1.29, 1.82) is 0 Å². The predicted octanol–water partition coefficient (Wildman–Crippen LogP) is 5.24. The first-order valence-corrected chi connectivity index (χ1v) is 8.73. The number of anilines is 2. The third kappa shape index (κ3) is 3.09. The van der Waals surface area contributed by atoms with Crippen LogP contribution in [0.1, 0.15) is 23.0 Å². The van der Waals surface area contributed by atoms with Gasteiger partial charge in [0.25, 0.3) is 5.91 Å². The molecule has 0 aliphatic rings. The molecular formula is C22H17FN2O3. The van der Waals surface area contributed by atoms with E-state index in [9.17, 15) is 14.0 Å². The molecule has 0 fully saturated rings. The van der Waals surface area contributed by atoms with Crippen molar-refractivity contribution in [3.63, 3.8) is 0 Å². The summed E-state index contributed by atoms with van der Waals surface area (Å²) in [6.45, 7) is 3.14. The van der Waals surface area contributed by atoms with Gasteiger partial charge in [-0.2, -0.15) is 0 Å². The second-order valence-electron chi connectivity index (χ2n) is 6.55. The summed E-state index contributed by atoms with van der Waals surface area (Å²) >= 11 is 0. The van der Waals surface area contributed by atoms with E-state index in [2.05, 4.69) is 10.6 Å². The van der Waals surface area contributed by atoms with E-state index < -0.39 is 11.7 Å². The number of benzene rings is 3. The lowest BCUT2D eigenvalue weighted by Gasteiger charge is -2.08. The average Bonchev–Trinajstić information content (AvgIpc) is 3.01. The van der Waals surface area contributed by atoms with Crippen molar-refractivity contribution in [3.05, 3.63) is 71.7 Å². The van der Waals surface area contributed by atoms with Crippen molar-refractivity contribution in [3.8, 4) is 0 Å². The largest absolute Gasteiger partial charge is 0.450 e. The van der Waals surface area contributed by atoms with Crippen molar-refractivity contribution < 1.29 is 18.4 Å². The summed E-state index contributed by atoms with van der Waals surface area (Å²) in [5.41, 5.74) is 1.64. The SMILES string of the molecule is CC(=O)Nc1ccc(F)c(NC(=O)c2oc3c(ccc4ccccc43)c2C)c1. The summed E-state index contributed by atoms with van der Waals surface area (Å²) in [7, 11) is 0. The van der Waals surface area contributed by atoms with Crippen LogP contribution >= 0.6 is 0 Å². The molecule has 1 aromatic heterocycles. The Kier molecular flexibility index (Phi) is 4.31. The van der Waals surface area contributed by atoms with E-state index in [1.165, 1.54) is 25.1 Å². The van der Waals surface area contributed by atoms with Crippen LogP contribution in [0, 0.1) is 12.7 Å². The minimum atomic E-state index is -0.610. The molecule has 0 aliphatic heterocycles. The van der Waals surface area contributed by atoms with Gasteiger partial charge >= 0.3 is 0 Å². The number of aryl methyl sites for hydroxylation is 1. The van der Waals surface area contributed by atoms with Crippen LogP contribution in [0.5, 0.6) is 0 Å². The minimum Gasteiger partial charge on any atom is -0.450 e. The highest BCUT2D eigenvalue weighted by atomic mass is 19.1. The Morgan fingerprint density at radius 2 is 1.75 bits per heavy atom. The van der Waals surface area contributed by atoms with Crippen LogP contribution in [-0.4, -0.2) is 11.8 Å². The Morgan fingerprint density at radius 1 is 0.964 bits per heavy atom. The Balaban J connectivity index is 1.73. The number of fused-ring (bicyclic) bond motifs is 3. The predicted molar refractivity (Wildman–Crippen MR) is 107 cm³/mol. The summed E-state index contributed by atoms with van der Waals surface area (Å²) in [6, 6.07) is 15.6. The lowest BCUT2D eigenvalue weighted by molar-refractivity contribution is -0.114. The zero-order chi connectivity index (χ0) is 19.8. The number of halogens is 1. The highest BCUT2D eigenvalue weighted by Crippen LogP contribution is 2.32. The zero-order valence-electron chi connectivity index (χ0n) is 15.3. The lowest BCUT2D eigenvalue weighted by Crippen LogP contribution is -2.14. The van der Waals surface area contributed by atoms with Crippen molar-refractivity contribution in [1.82, 2.24) is 0 Å². The molecule has 5 nitrogen and oxygen atoms in total. The molecule has 0 saturated heterocycles. The Hall–Kier alpha value is -3.67. The fourth-order valence-electron chi connectivity index (χ4n) is 3.25. The topological polar surface area (TPSA) is 71.3 Å². The maximum absolute atomic E-state index is 14.1. The van der Waals surface area contributed by atoms with Crippen molar-refractivity contribution >= 4 is 44.9 Å². The molecule has 4 aromatic rings. The average molecular weight is 376 g/mol. The first kappa shape index (κ1) is 17.7. The van der Waals surface area contributed by atoms with Gasteiger partial charge in [0, 0.05) is 28.9 Å². The maximum atomic E-state index is 14.1. The number of furan rings is 1. The summed E-state index contributed by atoms with van der Waals surface area (Å²) in [6.07, 6.45) is 0. The monoisotopic (exact) mass is 376 g/mol. The van der Waals surface area contributed by atoms with Crippen molar-refractivity contribution in [2.75, 3.05) is 10.6 Å².